The molecule has 2 aliphatic heterocycles. The number of phenolic OH excluding ortho intramolecular Hbond substituents is 1. The predicted molar refractivity (Wildman–Crippen MR) is 78.4 cm³/mol. The Morgan fingerprint density at radius 1 is 1.29 bits per heavy atom. The molecule has 1 aromatic rings. The summed E-state index contributed by atoms with van der Waals surface area (Å²) >= 11 is 0. The summed E-state index contributed by atoms with van der Waals surface area (Å²) in [5, 5.41) is 15.5. The van der Waals surface area contributed by atoms with Gasteiger partial charge >= 0.3 is 6.03 Å². The third kappa shape index (κ3) is 2.22. The molecule has 1 atom stereocenters. The molecule has 4 rings (SSSR count). The van der Waals surface area contributed by atoms with E-state index in [1.165, 1.54) is 12.8 Å². The Morgan fingerprint density at radius 2 is 2.05 bits per heavy atom. The van der Waals surface area contributed by atoms with Crippen molar-refractivity contribution in [2.75, 3.05) is 6.54 Å². The van der Waals surface area contributed by atoms with Gasteiger partial charge in [0.1, 0.15) is 5.75 Å². The number of amides is 2. The second-order valence-electron chi connectivity index (χ2n) is 5.68. The first-order valence-corrected chi connectivity index (χ1v) is 7.12. The van der Waals surface area contributed by atoms with E-state index in [0.717, 1.165) is 17.8 Å². The van der Waals surface area contributed by atoms with Crippen molar-refractivity contribution in [3.05, 3.63) is 36.0 Å². The molecular weight excluding hydrogens is 268 g/mol. The quantitative estimate of drug-likeness (QED) is 0.786. The smallest absolute Gasteiger partial charge is 0.324 e. The molecule has 3 aliphatic rings. The van der Waals surface area contributed by atoms with Crippen LogP contribution in [0.2, 0.25) is 0 Å². The van der Waals surface area contributed by atoms with Crippen LogP contribution >= 0.6 is 0 Å². The number of hydrogen-bond donors (Lipinski definition) is 3. The second kappa shape index (κ2) is 4.51. The minimum atomic E-state index is -0.216. The zero-order valence-corrected chi connectivity index (χ0v) is 11.4. The van der Waals surface area contributed by atoms with Crippen LogP contribution in [0.1, 0.15) is 18.4 Å². The lowest BCUT2D eigenvalue weighted by atomic mass is 10.1. The van der Waals surface area contributed by atoms with Crippen LogP contribution in [-0.4, -0.2) is 34.6 Å². The summed E-state index contributed by atoms with van der Waals surface area (Å²) in [6, 6.07) is 6.83. The van der Waals surface area contributed by atoms with Gasteiger partial charge in [-0.15, -0.1) is 0 Å². The number of phenols is 1. The van der Waals surface area contributed by atoms with Crippen LogP contribution in [0, 0.1) is 5.92 Å². The highest BCUT2D eigenvalue weighted by molar-refractivity contribution is 6.08. The van der Waals surface area contributed by atoms with Crippen molar-refractivity contribution in [3.63, 3.8) is 0 Å². The molecule has 6 nitrogen and oxygen atoms in total. The van der Waals surface area contributed by atoms with Crippen molar-refractivity contribution in [3.8, 4) is 5.75 Å². The minimum Gasteiger partial charge on any atom is -0.508 e. The fourth-order valence-electron chi connectivity index (χ4n) is 2.65. The SMILES string of the molecule is O=C1NC2=NC=C(c3ccc(O)cc3)NC2N1CC1CC1. The highest BCUT2D eigenvalue weighted by Gasteiger charge is 2.40. The average Bonchev–Trinajstić information content (AvgIpc) is 3.25. The molecule has 0 aromatic heterocycles. The van der Waals surface area contributed by atoms with Gasteiger partial charge in [0, 0.05) is 6.54 Å². The number of amidine groups is 1. The van der Waals surface area contributed by atoms with E-state index in [0.29, 0.717) is 11.8 Å². The molecule has 1 saturated carbocycles. The van der Waals surface area contributed by atoms with Crippen LogP contribution in [0.4, 0.5) is 4.79 Å². The van der Waals surface area contributed by atoms with Gasteiger partial charge in [-0.2, -0.15) is 0 Å². The Labute approximate surface area is 122 Å². The van der Waals surface area contributed by atoms with Crippen LogP contribution < -0.4 is 10.6 Å². The van der Waals surface area contributed by atoms with Crippen molar-refractivity contribution in [1.29, 1.82) is 0 Å². The van der Waals surface area contributed by atoms with E-state index in [2.05, 4.69) is 15.6 Å². The first-order valence-electron chi connectivity index (χ1n) is 7.12. The average molecular weight is 284 g/mol. The highest BCUT2D eigenvalue weighted by atomic mass is 16.3. The molecule has 0 radical (unpaired) electrons. The van der Waals surface area contributed by atoms with E-state index in [1.807, 2.05) is 17.0 Å². The second-order valence-corrected chi connectivity index (χ2v) is 5.68. The molecule has 108 valence electrons. The third-order valence-electron chi connectivity index (χ3n) is 4.02. The molecule has 1 aliphatic carbocycles. The lowest BCUT2D eigenvalue weighted by Crippen LogP contribution is -2.47. The maximum Gasteiger partial charge on any atom is 0.324 e. The molecule has 2 heterocycles. The summed E-state index contributed by atoms with van der Waals surface area (Å²) in [6.07, 6.45) is 3.89. The van der Waals surface area contributed by atoms with Crippen LogP contribution in [0.15, 0.2) is 35.5 Å². The zero-order valence-electron chi connectivity index (χ0n) is 11.4. The van der Waals surface area contributed by atoms with Crippen molar-refractivity contribution >= 4 is 17.6 Å². The van der Waals surface area contributed by atoms with Gasteiger partial charge in [-0.05, 0) is 48.6 Å². The van der Waals surface area contributed by atoms with Crippen molar-refractivity contribution in [2.24, 2.45) is 10.9 Å². The molecule has 1 aromatic carbocycles. The summed E-state index contributed by atoms with van der Waals surface area (Å²) in [4.78, 5) is 18.2. The molecule has 0 bridgehead atoms. The zero-order chi connectivity index (χ0) is 14.4. The van der Waals surface area contributed by atoms with Gasteiger partial charge in [0.25, 0.3) is 0 Å². The molecule has 1 saturated heterocycles. The largest absolute Gasteiger partial charge is 0.508 e. The summed E-state index contributed by atoms with van der Waals surface area (Å²) < 4.78 is 0. The van der Waals surface area contributed by atoms with Gasteiger partial charge in [-0.1, -0.05) is 0 Å². The molecule has 1 unspecified atom stereocenters. The maximum absolute atomic E-state index is 12.0. The number of rotatable bonds is 3. The monoisotopic (exact) mass is 284 g/mol. The minimum absolute atomic E-state index is 0.0847. The van der Waals surface area contributed by atoms with Crippen molar-refractivity contribution in [2.45, 2.75) is 19.0 Å². The third-order valence-corrected chi connectivity index (χ3v) is 4.02. The number of aromatic hydroxyl groups is 1. The standard InChI is InChI=1S/C15H16N4O2/c20-11-5-3-10(4-6-11)12-7-16-13-14(17-12)19(15(21)18-13)8-9-1-2-9/h3-7,9,14,17,20H,1-2,8H2,(H,16,18,21). The normalized spacial score (nSPS) is 23.9. The van der Waals surface area contributed by atoms with E-state index in [4.69, 9.17) is 0 Å². The Kier molecular flexibility index (Phi) is 2.63. The predicted octanol–water partition coefficient (Wildman–Crippen LogP) is 1.45. The number of nitrogens with zero attached hydrogens (tertiary/aromatic N) is 2. The molecule has 21 heavy (non-hydrogen) atoms. The molecule has 0 spiro atoms. The van der Waals surface area contributed by atoms with Crippen LogP contribution in [0.3, 0.4) is 0 Å². The van der Waals surface area contributed by atoms with Crippen molar-refractivity contribution < 1.29 is 9.90 Å². The van der Waals surface area contributed by atoms with Gasteiger partial charge in [0.15, 0.2) is 12.0 Å². The number of aliphatic imine (C=N–C) groups is 1. The maximum atomic E-state index is 12.0. The molecule has 2 fully saturated rings. The van der Waals surface area contributed by atoms with Crippen LogP contribution in [-0.2, 0) is 0 Å². The van der Waals surface area contributed by atoms with E-state index in [1.54, 1.807) is 18.3 Å². The van der Waals surface area contributed by atoms with Gasteiger partial charge < -0.3 is 10.4 Å². The number of carbonyl (C=O) groups excluding carboxylic acids is 1. The van der Waals surface area contributed by atoms with Crippen LogP contribution in [0.25, 0.3) is 5.70 Å². The topological polar surface area (TPSA) is 77.0 Å². The van der Waals surface area contributed by atoms with Crippen molar-refractivity contribution in [1.82, 2.24) is 15.5 Å². The lowest BCUT2D eigenvalue weighted by molar-refractivity contribution is 0.199. The number of hydrogen-bond acceptors (Lipinski definition) is 4. The first kappa shape index (κ1) is 12.3. The van der Waals surface area contributed by atoms with Gasteiger partial charge in [-0.25, -0.2) is 9.79 Å². The molecule has 2 amide bonds. The number of nitrogens with one attached hydrogen (secondary N) is 2. The van der Waals surface area contributed by atoms with Gasteiger partial charge in [0.2, 0.25) is 0 Å². The van der Waals surface area contributed by atoms with E-state index >= 15 is 0 Å². The Hall–Kier alpha value is -2.50. The first-order chi connectivity index (χ1) is 10.2. The fraction of sp³-hybridized carbons (Fsp3) is 0.333. The number of carbonyl (C=O) groups is 1. The Morgan fingerprint density at radius 3 is 2.76 bits per heavy atom. The van der Waals surface area contributed by atoms with E-state index < -0.39 is 0 Å². The highest BCUT2D eigenvalue weighted by Crippen LogP contribution is 2.31. The van der Waals surface area contributed by atoms with Gasteiger partial charge in [-0.3, -0.25) is 10.2 Å². The van der Waals surface area contributed by atoms with E-state index in [9.17, 15) is 9.90 Å². The Balaban J connectivity index is 1.58. The van der Waals surface area contributed by atoms with Crippen LogP contribution in [0.5, 0.6) is 5.75 Å². The summed E-state index contributed by atoms with van der Waals surface area (Å²) in [6.45, 7) is 0.769. The molecule has 3 N–H and O–H groups in total. The number of benzene rings is 1. The Bertz CT molecular complexity index is 646. The molecular formula is C15H16N4O2. The number of urea groups is 1. The number of fused-ring (bicyclic) bond motifs is 1. The summed E-state index contributed by atoms with van der Waals surface area (Å²) in [7, 11) is 0. The van der Waals surface area contributed by atoms with Gasteiger partial charge in [0.05, 0.1) is 11.9 Å². The lowest BCUT2D eigenvalue weighted by Gasteiger charge is -2.27. The fourth-order valence-corrected chi connectivity index (χ4v) is 2.65. The molecule has 6 heteroatoms. The van der Waals surface area contributed by atoms with E-state index in [-0.39, 0.29) is 17.9 Å². The summed E-state index contributed by atoms with van der Waals surface area (Å²) in [5.41, 5.74) is 1.78. The summed E-state index contributed by atoms with van der Waals surface area (Å²) in [5.74, 6) is 1.51.